The van der Waals surface area contributed by atoms with E-state index in [0.717, 1.165) is 42.5 Å². The minimum absolute atomic E-state index is 0.0627. The van der Waals surface area contributed by atoms with Crippen molar-refractivity contribution in [3.05, 3.63) is 59.4 Å². The molecule has 0 spiro atoms. The molecule has 1 fully saturated rings. The van der Waals surface area contributed by atoms with Crippen LogP contribution in [0.3, 0.4) is 0 Å². The topological polar surface area (TPSA) is 58.6 Å². The molecule has 5 nitrogen and oxygen atoms in total. The second-order valence-corrected chi connectivity index (χ2v) is 8.13. The van der Waals surface area contributed by atoms with Gasteiger partial charge in [0.15, 0.2) is 6.10 Å². The molecule has 0 aromatic heterocycles. The highest BCUT2D eigenvalue weighted by Crippen LogP contribution is 2.31. The summed E-state index contributed by atoms with van der Waals surface area (Å²) >= 11 is 0. The van der Waals surface area contributed by atoms with Gasteiger partial charge in [0.25, 0.3) is 5.91 Å². The largest absolute Gasteiger partial charge is 0.480 e. The Morgan fingerprint density at radius 2 is 1.90 bits per heavy atom. The molecule has 0 radical (unpaired) electrons. The molecule has 1 N–H and O–H groups in total. The smallest absolute Gasteiger partial charge is 0.264 e. The maximum Gasteiger partial charge on any atom is 0.264 e. The zero-order chi connectivity index (χ0) is 21.1. The molecular weight excluding hydrogens is 383 g/mol. The number of anilines is 1. The fraction of sp³-hybridized carbons (Fsp3) is 0.417. The van der Waals surface area contributed by atoms with Gasteiger partial charge in [0.1, 0.15) is 11.6 Å². The first kappa shape index (κ1) is 20.4. The van der Waals surface area contributed by atoms with Gasteiger partial charge in [-0.25, -0.2) is 4.39 Å². The van der Waals surface area contributed by atoms with E-state index < -0.39 is 6.10 Å². The van der Waals surface area contributed by atoms with Gasteiger partial charge in [-0.3, -0.25) is 9.59 Å². The summed E-state index contributed by atoms with van der Waals surface area (Å²) in [5.74, 6) is 0.419. The van der Waals surface area contributed by atoms with Crippen molar-refractivity contribution in [1.82, 2.24) is 4.90 Å². The predicted molar refractivity (Wildman–Crippen MR) is 112 cm³/mol. The number of rotatable bonds is 5. The number of amides is 2. The fourth-order valence-corrected chi connectivity index (χ4v) is 4.22. The molecule has 1 aliphatic carbocycles. The van der Waals surface area contributed by atoms with Crippen molar-refractivity contribution in [2.75, 3.05) is 5.32 Å². The van der Waals surface area contributed by atoms with Crippen molar-refractivity contribution in [3.63, 3.8) is 0 Å². The second kappa shape index (κ2) is 8.86. The van der Waals surface area contributed by atoms with E-state index >= 15 is 0 Å². The highest BCUT2D eigenvalue weighted by Gasteiger charge is 2.30. The third-order valence-electron chi connectivity index (χ3n) is 5.93. The van der Waals surface area contributed by atoms with E-state index in [4.69, 9.17) is 4.74 Å². The summed E-state index contributed by atoms with van der Waals surface area (Å²) < 4.78 is 19.2. The number of carbonyl (C=O) groups is 2. The normalized spacial score (nSPS) is 19.2. The number of benzene rings is 2. The molecule has 1 aliphatic heterocycles. The molecule has 1 saturated carbocycles. The van der Waals surface area contributed by atoms with Crippen LogP contribution >= 0.6 is 0 Å². The Labute approximate surface area is 176 Å². The summed E-state index contributed by atoms with van der Waals surface area (Å²) in [6, 6.07) is 11.7. The van der Waals surface area contributed by atoms with E-state index in [2.05, 4.69) is 5.32 Å². The molecule has 1 atom stereocenters. The highest BCUT2D eigenvalue weighted by molar-refractivity contribution is 5.93. The van der Waals surface area contributed by atoms with Crippen molar-refractivity contribution in [2.24, 2.45) is 5.92 Å². The highest BCUT2D eigenvalue weighted by atomic mass is 19.1. The summed E-state index contributed by atoms with van der Waals surface area (Å²) in [4.78, 5) is 27.2. The third kappa shape index (κ3) is 4.48. The van der Waals surface area contributed by atoms with Crippen LogP contribution < -0.4 is 10.1 Å². The molecule has 2 aliphatic rings. The Balaban J connectivity index is 1.56. The second-order valence-electron chi connectivity index (χ2n) is 8.13. The molecular formula is C24H27FN2O3. The van der Waals surface area contributed by atoms with Crippen molar-refractivity contribution < 1.29 is 18.7 Å². The molecule has 0 saturated heterocycles. The fourth-order valence-electron chi connectivity index (χ4n) is 4.22. The number of nitrogens with zero attached hydrogens (tertiary/aromatic N) is 1. The zero-order valence-electron chi connectivity index (χ0n) is 17.2. The Bertz CT molecular complexity index is 923. The monoisotopic (exact) mass is 410 g/mol. The van der Waals surface area contributed by atoms with E-state index in [9.17, 15) is 14.0 Å². The minimum atomic E-state index is -0.564. The molecule has 2 aromatic rings. The van der Waals surface area contributed by atoms with Crippen LogP contribution in [0.1, 0.15) is 50.2 Å². The molecule has 30 heavy (non-hydrogen) atoms. The standard InChI is InChI=1S/C24H27FN2O3/c1-2-21-24(29)27(14-16-7-9-19(25)10-8-16)15-18-13-20(11-12-22(18)30-21)26-23(28)17-5-3-4-6-17/h7-13,17,21H,2-6,14-15H2,1H3,(H,26,28)/t21-/m1/s1. The molecule has 158 valence electrons. The maximum atomic E-state index is 13.2. The number of carbonyl (C=O) groups excluding carboxylic acids is 2. The minimum Gasteiger partial charge on any atom is -0.480 e. The van der Waals surface area contributed by atoms with Crippen LogP contribution in [0, 0.1) is 11.7 Å². The van der Waals surface area contributed by atoms with Gasteiger partial charge in [0.05, 0.1) is 0 Å². The third-order valence-corrected chi connectivity index (χ3v) is 5.93. The number of fused-ring (bicyclic) bond motifs is 1. The van der Waals surface area contributed by atoms with E-state index in [1.165, 1.54) is 12.1 Å². The van der Waals surface area contributed by atoms with Gasteiger partial charge in [-0.05, 0) is 55.2 Å². The van der Waals surface area contributed by atoms with Crippen molar-refractivity contribution in [1.29, 1.82) is 0 Å². The van der Waals surface area contributed by atoms with Gasteiger partial charge < -0.3 is 15.0 Å². The van der Waals surface area contributed by atoms with Gasteiger partial charge in [-0.1, -0.05) is 31.9 Å². The van der Waals surface area contributed by atoms with Crippen LogP contribution in [0.5, 0.6) is 5.75 Å². The van der Waals surface area contributed by atoms with Gasteiger partial charge >= 0.3 is 0 Å². The van der Waals surface area contributed by atoms with Crippen molar-refractivity contribution in [3.8, 4) is 5.75 Å². The van der Waals surface area contributed by atoms with E-state index in [1.807, 2.05) is 25.1 Å². The van der Waals surface area contributed by atoms with Crippen LogP contribution in [0.2, 0.25) is 0 Å². The number of hydrogen-bond donors (Lipinski definition) is 1. The average molecular weight is 410 g/mol. The van der Waals surface area contributed by atoms with Gasteiger partial charge in [0, 0.05) is 30.3 Å². The first-order valence-corrected chi connectivity index (χ1v) is 10.7. The van der Waals surface area contributed by atoms with Crippen molar-refractivity contribution >= 4 is 17.5 Å². The van der Waals surface area contributed by atoms with E-state index in [0.29, 0.717) is 25.3 Å². The first-order valence-electron chi connectivity index (χ1n) is 10.7. The maximum absolute atomic E-state index is 13.2. The zero-order valence-corrected chi connectivity index (χ0v) is 17.2. The van der Waals surface area contributed by atoms with Crippen LogP contribution in [-0.4, -0.2) is 22.8 Å². The first-order chi connectivity index (χ1) is 14.5. The summed E-state index contributed by atoms with van der Waals surface area (Å²) in [6.07, 6.45) is 4.09. The van der Waals surface area contributed by atoms with Gasteiger partial charge in [-0.15, -0.1) is 0 Å². The van der Waals surface area contributed by atoms with E-state index in [-0.39, 0.29) is 23.5 Å². The number of nitrogens with one attached hydrogen (secondary N) is 1. The lowest BCUT2D eigenvalue weighted by molar-refractivity contribution is -0.139. The number of hydrogen-bond acceptors (Lipinski definition) is 3. The van der Waals surface area contributed by atoms with Gasteiger partial charge in [0.2, 0.25) is 5.91 Å². The molecule has 2 amide bonds. The van der Waals surface area contributed by atoms with Crippen LogP contribution in [-0.2, 0) is 22.7 Å². The quantitative estimate of drug-likeness (QED) is 0.780. The predicted octanol–water partition coefficient (Wildman–Crippen LogP) is 4.65. The van der Waals surface area contributed by atoms with E-state index in [1.54, 1.807) is 17.0 Å². The average Bonchev–Trinajstić information content (AvgIpc) is 3.25. The molecule has 4 rings (SSSR count). The molecule has 0 unspecified atom stereocenters. The van der Waals surface area contributed by atoms with Crippen molar-refractivity contribution in [2.45, 2.75) is 58.2 Å². The molecule has 1 heterocycles. The number of ether oxygens (including phenoxy) is 1. The lowest BCUT2D eigenvalue weighted by Gasteiger charge is -2.23. The summed E-state index contributed by atoms with van der Waals surface area (Å²) in [5.41, 5.74) is 2.43. The Morgan fingerprint density at radius 1 is 1.17 bits per heavy atom. The summed E-state index contributed by atoms with van der Waals surface area (Å²) in [5, 5.41) is 3.02. The summed E-state index contributed by atoms with van der Waals surface area (Å²) in [7, 11) is 0. The van der Waals surface area contributed by atoms with Crippen LogP contribution in [0.4, 0.5) is 10.1 Å². The molecule has 2 aromatic carbocycles. The number of halogens is 1. The molecule has 0 bridgehead atoms. The van der Waals surface area contributed by atoms with Crippen LogP contribution in [0.15, 0.2) is 42.5 Å². The lowest BCUT2D eigenvalue weighted by Crippen LogP contribution is -2.38. The SMILES string of the molecule is CC[C@H]1Oc2ccc(NC(=O)C3CCCC3)cc2CN(Cc2ccc(F)cc2)C1=O. The molecule has 6 heteroatoms. The summed E-state index contributed by atoms with van der Waals surface area (Å²) in [6.45, 7) is 2.66. The Morgan fingerprint density at radius 3 is 2.60 bits per heavy atom. The van der Waals surface area contributed by atoms with Crippen LogP contribution in [0.25, 0.3) is 0 Å². The lowest BCUT2D eigenvalue weighted by atomic mass is 10.1. The Kier molecular flexibility index (Phi) is 6.02. The Hall–Kier alpha value is -2.89. The van der Waals surface area contributed by atoms with Gasteiger partial charge in [-0.2, -0.15) is 0 Å².